The van der Waals surface area contributed by atoms with Crippen LogP contribution in [0.25, 0.3) is 0 Å². The molecule has 19 heavy (non-hydrogen) atoms. The summed E-state index contributed by atoms with van der Waals surface area (Å²) < 4.78 is 1.02. The Kier molecular flexibility index (Phi) is 5.36. The van der Waals surface area contributed by atoms with Crippen LogP contribution >= 0.6 is 15.9 Å². The standard InChI is InChI=1S/C14H20BrN3O/c15-13-3-1-2-12(10-13)11-14(19)18-8-6-17(5-4-16)7-9-18/h1-3,10H,4-9,11,16H2. The van der Waals surface area contributed by atoms with Crippen molar-refractivity contribution in [3.05, 3.63) is 34.3 Å². The monoisotopic (exact) mass is 325 g/mol. The van der Waals surface area contributed by atoms with E-state index in [0.717, 1.165) is 42.8 Å². The molecule has 1 fully saturated rings. The maximum Gasteiger partial charge on any atom is 0.227 e. The second-order valence-electron chi connectivity index (χ2n) is 4.82. The van der Waals surface area contributed by atoms with Crippen molar-refractivity contribution in [3.63, 3.8) is 0 Å². The molecule has 0 saturated carbocycles. The van der Waals surface area contributed by atoms with Crippen LogP contribution < -0.4 is 5.73 Å². The summed E-state index contributed by atoms with van der Waals surface area (Å²) in [4.78, 5) is 16.5. The number of hydrogen-bond acceptors (Lipinski definition) is 3. The molecule has 2 rings (SSSR count). The van der Waals surface area contributed by atoms with E-state index in [1.165, 1.54) is 0 Å². The summed E-state index contributed by atoms with van der Waals surface area (Å²) in [6.07, 6.45) is 0.482. The van der Waals surface area contributed by atoms with E-state index in [0.29, 0.717) is 13.0 Å². The first-order chi connectivity index (χ1) is 9.19. The summed E-state index contributed by atoms with van der Waals surface area (Å²) in [7, 11) is 0. The molecule has 0 aliphatic carbocycles. The zero-order chi connectivity index (χ0) is 13.7. The molecule has 0 radical (unpaired) electrons. The molecule has 1 aromatic rings. The number of amides is 1. The van der Waals surface area contributed by atoms with Crippen LogP contribution in [0, 0.1) is 0 Å². The SMILES string of the molecule is NCCN1CCN(C(=O)Cc2cccc(Br)c2)CC1. The number of halogens is 1. The van der Waals surface area contributed by atoms with Gasteiger partial charge in [-0.3, -0.25) is 9.69 Å². The van der Waals surface area contributed by atoms with Crippen molar-refractivity contribution in [1.29, 1.82) is 0 Å². The van der Waals surface area contributed by atoms with Crippen molar-refractivity contribution in [2.45, 2.75) is 6.42 Å². The molecule has 4 nitrogen and oxygen atoms in total. The highest BCUT2D eigenvalue weighted by atomic mass is 79.9. The highest BCUT2D eigenvalue weighted by molar-refractivity contribution is 9.10. The molecule has 1 heterocycles. The van der Waals surface area contributed by atoms with Gasteiger partial charge in [0.15, 0.2) is 0 Å². The van der Waals surface area contributed by atoms with Crippen molar-refractivity contribution in [1.82, 2.24) is 9.80 Å². The van der Waals surface area contributed by atoms with Gasteiger partial charge >= 0.3 is 0 Å². The maximum atomic E-state index is 12.2. The third kappa shape index (κ3) is 4.30. The van der Waals surface area contributed by atoms with Gasteiger partial charge in [0.2, 0.25) is 5.91 Å². The van der Waals surface area contributed by atoms with Crippen LogP contribution in [0.15, 0.2) is 28.7 Å². The minimum Gasteiger partial charge on any atom is -0.340 e. The second-order valence-corrected chi connectivity index (χ2v) is 5.73. The summed E-state index contributed by atoms with van der Waals surface area (Å²) in [6.45, 7) is 5.10. The Balaban J connectivity index is 1.84. The average Bonchev–Trinajstić information content (AvgIpc) is 2.40. The van der Waals surface area contributed by atoms with Crippen LogP contribution in [0.2, 0.25) is 0 Å². The van der Waals surface area contributed by atoms with Crippen LogP contribution in [0.5, 0.6) is 0 Å². The van der Waals surface area contributed by atoms with Gasteiger partial charge in [-0.25, -0.2) is 0 Å². The normalized spacial score (nSPS) is 16.6. The van der Waals surface area contributed by atoms with Crippen molar-refractivity contribution in [3.8, 4) is 0 Å². The smallest absolute Gasteiger partial charge is 0.227 e. The molecule has 1 aromatic carbocycles. The van der Waals surface area contributed by atoms with E-state index >= 15 is 0 Å². The maximum absolute atomic E-state index is 12.2. The number of hydrogen-bond donors (Lipinski definition) is 1. The first kappa shape index (κ1) is 14.5. The van der Waals surface area contributed by atoms with E-state index in [1.54, 1.807) is 0 Å². The highest BCUT2D eigenvalue weighted by Gasteiger charge is 2.20. The van der Waals surface area contributed by atoms with Gasteiger partial charge < -0.3 is 10.6 Å². The molecule has 0 atom stereocenters. The molecule has 104 valence electrons. The lowest BCUT2D eigenvalue weighted by atomic mass is 10.1. The number of carbonyl (C=O) groups is 1. The lowest BCUT2D eigenvalue weighted by Gasteiger charge is -2.34. The minimum atomic E-state index is 0.213. The summed E-state index contributed by atoms with van der Waals surface area (Å²) in [5.74, 6) is 0.213. The molecule has 0 aromatic heterocycles. The molecule has 1 aliphatic heterocycles. The van der Waals surface area contributed by atoms with Crippen molar-refractivity contribution in [2.75, 3.05) is 39.3 Å². The number of carbonyl (C=O) groups excluding carboxylic acids is 1. The van der Waals surface area contributed by atoms with Crippen LogP contribution in [0.3, 0.4) is 0 Å². The molecular weight excluding hydrogens is 306 g/mol. The molecule has 1 amide bonds. The van der Waals surface area contributed by atoms with Crippen LogP contribution in [-0.4, -0.2) is 55.0 Å². The molecule has 1 saturated heterocycles. The summed E-state index contributed by atoms with van der Waals surface area (Å²) in [6, 6.07) is 7.93. The van der Waals surface area contributed by atoms with Crippen LogP contribution in [0.4, 0.5) is 0 Å². The summed E-state index contributed by atoms with van der Waals surface area (Å²) in [5.41, 5.74) is 6.60. The molecule has 2 N–H and O–H groups in total. The zero-order valence-electron chi connectivity index (χ0n) is 11.0. The van der Waals surface area contributed by atoms with Gasteiger partial charge in [0, 0.05) is 43.7 Å². The summed E-state index contributed by atoms with van der Waals surface area (Å²) >= 11 is 3.43. The Morgan fingerprint density at radius 2 is 2.00 bits per heavy atom. The van der Waals surface area contributed by atoms with Gasteiger partial charge in [-0.15, -0.1) is 0 Å². The average molecular weight is 326 g/mol. The predicted molar refractivity (Wildman–Crippen MR) is 79.9 cm³/mol. The number of rotatable bonds is 4. The topological polar surface area (TPSA) is 49.6 Å². The largest absolute Gasteiger partial charge is 0.340 e. The fourth-order valence-corrected chi connectivity index (χ4v) is 2.78. The lowest BCUT2D eigenvalue weighted by molar-refractivity contribution is -0.132. The van der Waals surface area contributed by atoms with Gasteiger partial charge in [-0.1, -0.05) is 28.1 Å². The van der Waals surface area contributed by atoms with E-state index in [9.17, 15) is 4.79 Å². The van der Waals surface area contributed by atoms with Gasteiger partial charge in [-0.2, -0.15) is 0 Å². The summed E-state index contributed by atoms with van der Waals surface area (Å²) in [5, 5.41) is 0. The lowest BCUT2D eigenvalue weighted by Crippen LogP contribution is -2.50. The molecule has 0 bridgehead atoms. The van der Waals surface area contributed by atoms with Gasteiger partial charge in [0.25, 0.3) is 0 Å². The fourth-order valence-electron chi connectivity index (χ4n) is 2.34. The third-order valence-corrected chi connectivity index (χ3v) is 3.91. The number of benzene rings is 1. The highest BCUT2D eigenvalue weighted by Crippen LogP contribution is 2.13. The minimum absolute atomic E-state index is 0.213. The van der Waals surface area contributed by atoms with Crippen LogP contribution in [-0.2, 0) is 11.2 Å². The molecule has 1 aliphatic rings. The van der Waals surface area contributed by atoms with Gasteiger partial charge in [0.05, 0.1) is 6.42 Å². The molecule has 5 heteroatoms. The Bertz CT molecular complexity index is 430. The Labute approximate surface area is 122 Å². The molecule has 0 unspecified atom stereocenters. The van der Waals surface area contributed by atoms with E-state index in [4.69, 9.17) is 5.73 Å². The van der Waals surface area contributed by atoms with E-state index < -0.39 is 0 Å². The van der Waals surface area contributed by atoms with E-state index in [-0.39, 0.29) is 5.91 Å². The molecular formula is C14H20BrN3O. The second kappa shape index (κ2) is 7.03. The van der Waals surface area contributed by atoms with Crippen molar-refractivity contribution < 1.29 is 4.79 Å². The molecule has 0 spiro atoms. The number of nitrogens with zero attached hydrogens (tertiary/aromatic N) is 2. The Hall–Kier alpha value is -0.910. The third-order valence-electron chi connectivity index (χ3n) is 3.41. The van der Waals surface area contributed by atoms with Crippen molar-refractivity contribution in [2.24, 2.45) is 5.73 Å². The quantitative estimate of drug-likeness (QED) is 0.901. The Morgan fingerprint density at radius 1 is 1.26 bits per heavy atom. The van der Waals surface area contributed by atoms with Gasteiger partial charge in [0.1, 0.15) is 0 Å². The number of nitrogens with two attached hydrogens (primary N) is 1. The van der Waals surface area contributed by atoms with Gasteiger partial charge in [-0.05, 0) is 17.7 Å². The number of piperazine rings is 1. The van der Waals surface area contributed by atoms with Crippen molar-refractivity contribution >= 4 is 21.8 Å². The first-order valence-corrected chi connectivity index (χ1v) is 7.43. The zero-order valence-corrected chi connectivity index (χ0v) is 12.6. The van der Waals surface area contributed by atoms with E-state index in [2.05, 4.69) is 20.8 Å². The Morgan fingerprint density at radius 3 is 2.63 bits per heavy atom. The van der Waals surface area contributed by atoms with Crippen LogP contribution in [0.1, 0.15) is 5.56 Å². The van der Waals surface area contributed by atoms with E-state index in [1.807, 2.05) is 29.2 Å². The first-order valence-electron chi connectivity index (χ1n) is 6.63. The predicted octanol–water partition coefficient (Wildman–Crippen LogP) is 1.09. The fraction of sp³-hybridized carbons (Fsp3) is 0.500.